The van der Waals surface area contributed by atoms with Gasteiger partial charge >= 0.3 is 11.9 Å². The molecule has 1 heterocycles. The summed E-state index contributed by atoms with van der Waals surface area (Å²) in [5.74, 6) is -1.86. The molecule has 0 aliphatic carbocycles. The van der Waals surface area contributed by atoms with Crippen molar-refractivity contribution in [2.75, 3.05) is 19.5 Å². The maximum atomic E-state index is 12.0. The minimum atomic E-state index is -0.660. The third-order valence-electron chi connectivity index (χ3n) is 2.76. The number of rotatable bonds is 4. The fourth-order valence-electron chi connectivity index (χ4n) is 1.69. The van der Waals surface area contributed by atoms with Crippen molar-refractivity contribution in [2.45, 2.75) is 0 Å². The van der Waals surface area contributed by atoms with Gasteiger partial charge in [-0.1, -0.05) is 0 Å². The fraction of sp³-hybridized carbons (Fsp3) is 0.143. The number of nitrogens with zero attached hydrogens (tertiary/aromatic N) is 1. The van der Waals surface area contributed by atoms with Crippen LogP contribution in [0.1, 0.15) is 31.2 Å². The molecule has 0 spiro atoms. The van der Waals surface area contributed by atoms with Crippen LogP contribution in [0.4, 0.5) is 5.69 Å². The van der Waals surface area contributed by atoms with E-state index >= 15 is 0 Å². The Hall–Kier alpha value is -3.16. The molecule has 0 unspecified atom stereocenters. The van der Waals surface area contributed by atoms with Gasteiger partial charge in [0.15, 0.2) is 12.1 Å². The zero-order chi connectivity index (χ0) is 16.1. The second-order valence-corrected chi connectivity index (χ2v) is 4.07. The van der Waals surface area contributed by atoms with Crippen LogP contribution in [0.15, 0.2) is 35.3 Å². The molecule has 2 rings (SSSR count). The lowest BCUT2D eigenvalue weighted by atomic mass is 10.1. The van der Waals surface area contributed by atoms with Crippen molar-refractivity contribution in [3.05, 3.63) is 47.7 Å². The van der Waals surface area contributed by atoms with Crippen LogP contribution in [-0.4, -0.2) is 37.0 Å². The summed E-state index contributed by atoms with van der Waals surface area (Å²) >= 11 is 0. The summed E-state index contributed by atoms with van der Waals surface area (Å²) in [5, 5.41) is 2.48. The number of carbonyl (C=O) groups excluding carboxylic acids is 3. The number of methoxy groups -OCH3 is 2. The summed E-state index contributed by atoms with van der Waals surface area (Å²) in [7, 11) is 2.43. The highest BCUT2D eigenvalue weighted by atomic mass is 16.5. The molecule has 0 atom stereocenters. The van der Waals surface area contributed by atoms with Crippen LogP contribution in [0, 0.1) is 0 Å². The van der Waals surface area contributed by atoms with Gasteiger partial charge in [0.25, 0.3) is 5.91 Å². The second kappa shape index (κ2) is 6.53. The van der Waals surface area contributed by atoms with Gasteiger partial charge in [-0.3, -0.25) is 4.79 Å². The van der Waals surface area contributed by atoms with Gasteiger partial charge in [0.1, 0.15) is 6.26 Å². The molecule has 1 aromatic carbocycles. The van der Waals surface area contributed by atoms with Gasteiger partial charge in [0, 0.05) is 0 Å². The molecule has 0 saturated heterocycles. The Labute approximate surface area is 125 Å². The number of hydrogen-bond donors (Lipinski definition) is 1. The third-order valence-corrected chi connectivity index (χ3v) is 2.76. The molecule has 0 fully saturated rings. The predicted molar refractivity (Wildman–Crippen MR) is 73.6 cm³/mol. The Morgan fingerprint density at radius 3 is 2.45 bits per heavy atom. The van der Waals surface area contributed by atoms with E-state index in [-0.39, 0.29) is 22.5 Å². The summed E-state index contributed by atoms with van der Waals surface area (Å²) in [6.45, 7) is 0. The smallest absolute Gasteiger partial charge is 0.339 e. The van der Waals surface area contributed by atoms with Gasteiger partial charge in [-0.2, -0.15) is 0 Å². The van der Waals surface area contributed by atoms with E-state index in [2.05, 4.69) is 19.8 Å². The van der Waals surface area contributed by atoms with E-state index in [1.165, 1.54) is 32.4 Å². The number of oxazole rings is 1. The van der Waals surface area contributed by atoms with Crippen LogP contribution >= 0.6 is 0 Å². The Balaban J connectivity index is 2.38. The van der Waals surface area contributed by atoms with Gasteiger partial charge in [-0.25, -0.2) is 14.6 Å². The van der Waals surface area contributed by atoms with E-state index in [1.807, 2.05) is 0 Å². The average Bonchev–Trinajstić information content (AvgIpc) is 3.07. The van der Waals surface area contributed by atoms with Crippen LogP contribution in [0.25, 0.3) is 0 Å². The molecule has 114 valence electrons. The first-order chi connectivity index (χ1) is 10.6. The number of aromatic nitrogens is 1. The van der Waals surface area contributed by atoms with Crippen molar-refractivity contribution in [3.8, 4) is 0 Å². The summed E-state index contributed by atoms with van der Waals surface area (Å²) in [6, 6.07) is 4.07. The lowest BCUT2D eigenvalue weighted by molar-refractivity contribution is 0.0587. The maximum Gasteiger partial charge on any atom is 0.339 e. The molecular formula is C14H12N2O6. The fourth-order valence-corrected chi connectivity index (χ4v) is 1.69. The highest BCUT2D eigenvalue weighted by Gasteiger charge is 2.18. The molecular weight excluding hydrogens is 292 g/mol. The molecule has 8 heteroatoms. The number of hydrogen-bond acceptors (Lipinski definition) is 7. The largest absolute Gasteiger partial charge is 0.465 e. The van der Waals surface area contributed by atoms with Crippen LogP contribution < -0.4 is 5.32 Å². The number of carbonyl (C=O) groups is 3. The molecule has 2 aromatic rings. The highest BCUT2D eigenvalue weighted by Crippen LogP contribution is 2.20. The molecule has 22 heavy (non-hydrogen) atoms. The van der Waals surface area contributed by atoms with Gasteiger partial charge in [-0.05, 0) is 18.2 Å². The Morgan fingerprint density at radius 1 is 1.14 bits per heavy atom. The van der Waals surface area contributed by atoms with E-state index < -0.39 is 17.8 Å². The second-order valence-electron chi connectivity index (χ2n) is 4.07. The normalized spacial score (nSPS) is 9.91. The lowest BCUT2D eigenvalue weighted by Gasteiger charge is -2.10. The topological polar surface area (TPSA) is 108 Å². The minimum Gasteiger partial charge on any atom is -0.465 e. The molecule has 0 aliphatic rings. The molecule has 0 saturated carbocycles. The van der Waals surface area contributed by atoms with Crippen molar-refractivity contribution in [1.82, 2.24) is 4.98 Å². The number of anilines is 1. The first-order valence-electron chi connectivity index (χ1n) is 6.07. The summed E-state index contributed by atoms with van der Waals surface area (Å²) < 4.78 is 13.9. The molecule has 8 nitrogen and oxygen atoms in total. The van der Waals surface area contributed by atoms with E-state index in [4.69, 9.17) is 4.42 Å². The Morgan fingerprint density at radius 2 is 1.86 bits per heavy atom. The minimum absolute atomic E-state index is 0.0271. The van der Waals surface area contributed by atoms with E-state index in [1.54, 1.807) is 0 Å². The van der Waals surface area contributed by atoms with Gasteiger partial charge in [0.2, 0.25) is 0 Å². The Kier molecular flexibility index (Phi) is 4.52. The van der Waals surface area contributed by atoms with Gasteiger partial charge in [0.05, 0.1) is 31.0 Å². The van der Waals surface area contributed by atoms with E-state index in [0.717, 1.165) is 12.7 Å². The molecule has 1 N–H and O–H groups in total. The summed E-state index contributed by atoms with van der Waals surface area (Å²) in [6.07, 6.45) is 2.25. The summed E-state index contributed by atoms with van der Waals surface area (Å²) in [5.41, 5.74) is 0.389. The van der Waals surface area contributed by atoms with Gasteiger partial charge in [-0.15, -0.1) is 0 Å². The summed E-state index contributed by atoms with van der Waals surface area (Å²) in [4.78, 5) is 39.0. The van der Waals surface area contributed by atoms with E-state index in [0.29, 0.717) is 0 Å². The molecule has 1 aromatic heterocycles. The van der Waals surface area contributed by atoms with Crippen molar-refractivity contribution in [1.29, 1.82) is 0 Å². The van der Waals surface area contributed by atoms with Crippen LogP contribution in [0.5, 0.6) is 0 Å². The standard InChI is InChI=1S/C14H12N2O6/c1-20-13(18)8-3-4-9(14(19)21-2)10(5-8)16-12(17)11-6-22-7-15-11/h3-7H,1-2H3,(H,16,17). The van der Waals surface area contributed by atoms with E-state index in [9.17, 15) is 14.4 Å². The Bertz CT molecular complexity index is 708. The predicted octanol–water partition coefficient (Wildman–Crippen LogP) is 1.50. The monoisotopic (exact) mass is 304 g/mol. The average molecular weight is 304 g/mol. The van der Waals surface area contributed by atoms with Gasteiger partial charge < -0.3 is 19.2 Å². The number of ether oxygens (including phenoxy) is 2. The quantitative estimate of drug-likeness (QED) is 0.853. The van der Waals surface area contributed by atoms with Crippen molar-refractivity contribution in [2.24, 2.45) is 0 Å². The van der Waals surface area contributed by atoms with Crippen molar-refractivity contribution in [3.63, 3.8) is 0 Å². The maximum absolute atomic E-state index is 12.0. The van der Waals surface area contributed by atoms with Crippen molar-refractivity contribution < 1.29 is 28.3 Å². The number of nitrogens with one attached hydrogen (secondary N) is 1. The SMILES string of the molecule is COC(=O)c1ccc(C(=O)OC)c(NC(=O)c2cocn2)c1. The van der Waals surface area contributed by atoms with Crippen LogP contribution in [-0.2, 0) is 9.47 Å². The number of benzene rings is 1. The first kappa shape index (κ1) is 15.2. The van der Waals surface area contributed by atoms with Crippen LogP contribution in [0.2, 0.25) is 0 Å². The zero-order valence-electron chi connectivity index (χ0n) is 11.8. The molecule has 0 bridgehead atoms. The number of amides is 1. The zero-order valence-corrected chi connectivity index (χ0v) is 11.8. The molecule has 1 amide bonds. The molecule has 0 radical (unpaired) electrons. The number of esters is 2. The first-order valence-corrected chi connectivity index (χ1v) is 6.07. The van der Waals surface area contributed by atoms with Crippen molar-refractivity contribution >= 4 is 23.5 Å². The lowest BCUT2D eigenvalue weighted by Crippen LogP contribution is -2.16. The molecule has 0 aliphatic heterocycles. The van der Waals surface area contributed by atoms with Crippen LogP contribution in [0.3, 0.4) is 0 Å². The third kappa shape index (κ3) is 3.11. The highest BCUT2D eigenvalue weighted by molar-refractivity contribution is 6.08.